The first-order valence-corrected chi connectivity index (χ1v) is 34.9. The van der Waals surface area contributed by atoms with Gasteiger partial charge in [0.25, 0.3) is 0 Å². The maximum atomic E-state index is 10.1. The van der Waals surface area contributed by atoms with E-state index in [1.807, 2.05) is 6.92 Å². The fourth-order valence-corrected chi connectivity index (χ4v) is 9.65. The molecule has 0 aliphatic carbocycles. The van der Waals surface area contributed by atoms with Gasteiger partial charge in [-0.2, -0.15) is 15.7 Å². The third-order valence-electron chi connectivity index (χ3n) is 15.1. The molecule has 6 rings (SSSR count). The highest BCUT2D eigenvalue weighted by atomic mass is 16.6. The van der Waals surface area contributed by atoms with Crippen molar-refractivity contribution in [3.63, 3.8) is 0 Å². The molecule has 14 N–H and O–H groups in total. The van der Waals surface area contributed by atoms with E-state index in [2.05, 4.69) is 87.7 Å². The largest absolute Gasteiger partial charge is 0.394 e. The van der Waals surface area contributed by atoms with Crippen LogP contribution in [0, 0.1) is 11.1 Å². The van der Waals surface area contributed by atoms with Gasteiger partial charge in [-0.1, -0.05) is 43.4 Å². The molecule has 6 aromatic rings. The summed E-state index contributed by atoms with van der Waals surface area (Å²) in [5.74, 6) is 0. The van der Waals surface area contributed by atoms with Crippen molar-refractivity contribution in [2.45, 2.75) is 167 Å². The number of nitrogens with zero attached hydrogens (tertiary/aromatic N) is 24. The van der Waals surface area contributed by atoms with Crippen LogP contribution in [0.3, 0.4) is 0 Å². The smallest absolute Gasteiger partial charge is 0.108 e. The number of hydrazone groups is 1. The molecule has 109 heavy (non-hydrogen) atoms. The number of aliphatic hydroxyl groups is 11. The van der Waals surface area contributed by atoms with Crippen LogP contribution in [-0.4, -0.2) is 349 Å². The maximum absolute atomic E-state index is 10.1. The first-order valence-electron chi connectivity index (χ1n) is 34.9. The van der Waals surface area contributed by atoms with Crippen LogP contribution in [0.4, 0.5) is 0 Å². The summed E-state index contributed by atoms with van der Waals surface area (Å²) in [5, 5.41) is 169. The Morgan fingerprint density at radius 1 is 0.486 bits per heavy atom. The zero-order valence-electron chi connectivity index (χ0n) is 61.5. The van der Waals surface area contributed by atoms with E-state index in [1.165, 1.54) is 31.1 Å². The van der Waals surface area contributed by atoms with Crippen molar-refractivity contribution >= 4 is 11.9 Å². The summed E-state index contributed by atoms with van der Waals surface area (Å²) in [6.45, 7) is 1.89. The van der Waals surface area contributed by atoms with Crippen LogP contribution in [0.25, 0.3) is 0 Å². The Bertz CT molecular complexity index is 3570. The second-order valence-electron chi connectivity index (χ2n) is 25.2. The van der Waals surface area contributed by atoms with Crippen molar-refractivity contribution in [2.24, 2.45) is 20.4 Å². The molecule has 10 unspecified atom stereocenters. The highest BCUT2D eigenvalue weighted by Gasteiger charge is 2.22. The maximum Gasteiger partial charge on any atom is 0.108 e. The van der Waals surface area contributed by atoms with Crippen LogP contribution in [0.5, 0.6) is 0 Å². The van der Waals surface area contributed by atoms with E-state index < -0.39 is 94.1 Å². The quantitative estimate of drug-likeness (QED) is 0.00735. The van der Waals surface area contributed by atoms with Crippen LogP contribution < -0.4 is 5.43 Å². The fourth-order valence-electron chi connectivity index (χ4n) is 9.65. The zero-order valence-corrected chi connectivity index (χ0v) is 61.5. The van der Waals surface area contributed by atoms with Crippen molar-refractivity contribution < 1.29 is 98.8 Å². The second kappa shape index (κ2) is 51.0. The van der Waals surface area contributed by atoms with Crippen molar-refractivity contribution in [1.29, 1.82) is 11.1 Å². The minimum absolute atomic E-state index is 0.000872. The highest BCUT2D eigenvalue weighted by molar-refractivity contribution is 6.31. The summed E-state index contributed by atoms with van der Waals surface area (Å²) >= 11 is 0. The van der Waals surface area contributed by atoms with Gasteiger partial charge >= 0.3 is 0 Å². The van der Waals surface area contributed by atoms with Gasteiger partial charge in [-0.05, 0) is 25.3 Å². The summed E-state index contributed by atoms with van der Waals surface area (Å²) in [6, 6.07) is 0. The van der Waals surface area contributed by atoms with Crippen LogP contribution in [0.15, 0.2) is 81.3 Å². The Morgan fingerprint density at radius 3 is 1.35 bits per heavy atom. The molecular weight excluding hydrogens is 1440 g/mol. The summed E-state index contributed by atoms with van der Waals surface area (Å²) in [6.07, 6.45) is 6.68. The lowest BCUT2D eigenvalue weighted by Crippen LogP contribution is -2.33. The third kappa shape index (κ3) is 36.2. The molecule has 10 atom stereocenters. The molecule has 0 radical (unpaired) electrons. The Morgan fingerprint density at radius 2 is 0.899 bits per heavy atom. The minimum Gasteiger partial charge on any atom is -0.394 e. The van der Waals surface area contributed by atoms with Crippen molar-refractivity contribution in [3.05, 3.63) is 95.0 Å². The van der Waals surface area contributed by atoms with Gasteiger partial charge in [-0.15, -0.1) is 30.6 Å². The lowest BCUT2D eigenvalue weighted by molar-refractivity contribution is -0.0617. The van der Waals surface area contributed by atoms with Crippen LogP contribution in [0.2, 0.25) is 0 Å². The van der Waals surface area contributed by atoms with Gasteiger partial charge in [0.1, 0.15) is 57.8 Å². The van der Waals surface area contributed by atoms with Crippen molar-refractivity contribution in [1.82, 2.24) is 105 Å². The molecule has 6 aromatic heterocycles. The topological polar surface area (TPSA) is 606 Å². The van der Waals surface area contributed by atoms with Crippen LogP contribution in [0.1, 0.15) is 60.9 Å². The molecule has 608 valence electrons. The summed E-state index contributed by atoms with van der Waals surface area (Å²) in [4.78, 5) is 5.90. The number of hydrogen-bond donors (Lipinski definition) is 14. The van der Waals surface area contributed by atoms with Gasteiger partial charge < -0.3 is 109 Å². The van der Waals surface area contributed by atoms with Gasteiger partial charge in [0.05, 0.1) is 257 Å². The molecule has 47 nitrogen and oxygen atoms in total. The summed E-state index contributed by atoms with van der Waals surface area (Å²) in [7, 11) is 3.33. The highest BCUT2D eigenvalue weighted by Crippen LogP contribution is 2.14. The number of ether oxygens (including phenoxy) is 9. The number of aliphatic imine (C=N–C) groups is 1. The molecule has 0 bridgehead atoms. The Balaban J connectivity index is 1.16. The zero-order chi connectivity index (χ0) is 78.6. The third-order valence-corrected chi connectivity index (χ3v) is 15.1. The molecule has 0 spiro atoms. The number of aliphatic hydroxyl groups excluding tert-OH is 11. The monoisotopic (exact) mass is 1550 g/mol. The van der Waals surface area contributed by atoms with Crippen molar-refractivity contribution in [3.8, 4) is 0 Å². The molecule has 0 aromatic carbocycles. The predicted octanol–water partition coefficient (Wildman–Crippen LogP) is -5.11. The normalized spacial score (nSPS) is 15.3. The Hall–Kier alpha value is -8.54. The van der Waals surface area contributed by atoms with Gasteiger partial charge in [0.15, 0.2) is 0 Å². The van der Waals surface area contributed by atoms with Gasteiger partial charge in [0, 0.05) is 45.9 Å². The van der Waals surface area contributed by atoms with E-state index in [0.717, 1.165) is 5.01 Å². The van der Waals surface area contributed by atoms with E-state index in [-0.39, 0.29) is 157 Å². The van der Waals surface area contributed by atoms with E-state index in [9.17, 15) is 56.2 Å². The summed E-state index contributed by atoms with van der Waals surface area (Å²) < 4.78 is 64.5. The van der Waals surface area contributed by atoms with Gasteiger partial charge in [-0.3, -0.25) is 10.0 Å². The molecule has 47 heteroatoms. The molecule has 0 amide bonds. The second-order valence-corrected chi connectivity index (χ2v) is 25.2. The Labute approximate surface area is 626 Å². The summed E-state index contributed by atoms with van der Waals surface area (Å²) in [5.41, 5.74) is 22.4. The van der Waals surface area contributed by atoms with E-state index in [1.54, 1.807) is 78.7 Å². The first kappa shape index (κ1) is 89.4. The number of rotatable bonds is 63. The molecule has 0 saturated carbocycles. The molecule has 0 aliphatic heterocycles. The first-order chi connectivity index (χ1) is 52.8. The molecule has 0 saturated heterocycles. The van der Waals surface area contributed by atoms with Crippen LogP contribution >= 0.6 is 0 Å². The standard InChI is InChI=1S/C62H105N27O20/c1-5-53(95)18-84-13-48(70-76-84)34-103-41-61(108-39-52-17-87(79-74-52)22-58(100)30-94)25-89-16-51(73-81-89)36-105-43-62(109-38-46(67-63)11-82(4)23-60(106-31-44(2)10-83(75-64)19-55(97)27-91)40-102-33-49-14-86(78-71-49)21-57(99)29-93)42-104-35-50-15-88(80-72-50)24-59(107-37-45(68-65-3)8-66-9-54(96)26-90)6-7-101-32-47-12-85(77-69-47)20-56(98)28-92/h8,10-17,53-65,90-100H,5-7,9,18-43H2,1-4H3/b44-10+,46-11-,66-8?,67-63?,68-45?,75-64?. The molecule has 6 heterocycles. The lowest BCUT2D eigenvalue weighted by Gasteiger charge is -2.24. The number of likely N-dealkylation sites (N-methyl/N-ethyl adjacent to an activating group) is 1. The average molecular weight is 1550 g/mol. The van der Waals surface area contributed by atoms with E-state index in [0.29, 0.717) is 58.3 Å². The lowest BCUT2D eigenvalue weighted by atomic mass is 10.2. The Kier molecular flexibility index (Phi) is 41.8. The SMILES string of the molecule is CCC(O)Cn1cc(COCC(Cn2cc(COCC(COCc3cn(CC(CCOCc4cn(CC(O)CO)nn4)OCC(C=NCC(O)CO)=NNC)nn3)OC/C(=C/N(C)CC(COCc3cn(CC(O)CO)nn3)OC/C(C)=C/N(CC(O)CO)N=N)N=N)nn2)OCc2cn(CC(O)CO)nn2)nn1. The average Bonchev–Trinajstić information content (AvgIpc) is 1.80. The van der Waals surface area contributed by atoms with Gasteiger partial charge in [-0.25, -0.2) is 33.6 Å². The number of hydrogen-bond acceptors (Lipinski definition) is 40. The molecular formula is C62H105N27O20. The number of nitrogens with one attached hydrogen (secondary N) is 3. The fraction of sp³-hybridized carbons (Fsp3) is 0.710. The van der Waals surface area contributed by atoms with Crippen molar-refractivity contribution in [2.75, 3.05) is 120 Å². The van der Waals surface area contributed by atoms with Crippen LogP contribution in [-0.2, 0) is 122 Å². The predicted molar refractivity (Wildman–Crippen MR) is 374 cm³/mol. The van der Waals surface area contributed by atoms with E-state index in [4.69, 9.17) is 53.7 Å². The number of aromatic nitrogens is 18. The minimum atomic E-state index is -1.15. The molecule has 0 fully saturated rings. The van der Waals surface area contributed by atoms with Gasteiger partial charge in [0.2, 0.25) is 0 Å². The molecule has 0 aliphatic rings. The van der Waals surface area contributed by atoms with E-state index >= 15 is 0 Å².